The van der Waals surface area contributed by atoms with Crippen molar-refractivity contribution in [2.75, 3.05) is 20.3 Å². The molecule has 15 heavy (non-hydrogen) atoms. The lowest BCUT2D eigenvalue weighted by Crippen LogP contribution is -2.46. The monoisotopic (exact) mass is 238 g/mol. The van der Waals surface area contributed by atoms with E-state index in [0.29, 0.717) is 19.4 Å². The highest BCUT2D eigenvalue weighted by molar-refractivity contribution is 7.87. The average Bonchev–Trinajstić information content (AvgIpc) is 2.51. The fourth-order valence-electron chi connectivity index (χ4n) is 1.65. The molecule has 7 nitrogen and oxygen atoms in total. The summed E-state index contributed by atoms with van der Waals surface area (Å²) >= 11 is 0. The zero-order valence-corrected chi connectivity index (χ0v) is 9.16. The van der Waals surface area contributed by atoms with E-state index in [9.17, 15) is 13.2 Å². The van der Waals surface area contributed by atoms with E-state index in [-0.39, 0.29) is 12.6 Å². The number of carboxylic acid groups (broad SMARTS) is 1. The van der Waals surface area contributed by atoms with Crippen LogP contribution in [0.25, 0.3) is 0 Å². The van der Waals surface area contributed by atoms with E-state index in [1.165, 1.54) is 11.8 Å². The summed E-state index contributed by atoms with van der Waals surface area (Å²) in [7, 11) is -2.45. The molecule has 2 N–H and O–H groups in total. The van der Waals surface area contributed by atoms with Crippen molar-refractivity contribution in [1.82, 2.24) is 9.03 Å². The summed E-state index contributed by atoms with van der Waals surface area (Å²) in [5, 5.41) is 8.38. The van der Waals surface area contributed by atoms with Crippen molar-refractivity contribution in [3.63, 3.8) is 0 Å². The Kier molecular flexibility index (Phi) is 3.89. The number of amides is 1. The maximum atomic E-state index is 11.5. The Hall–Kier alpha value is -0.860. The highest BCUT2D eigenvalue weighted by Gasteiger charge is 2.34. The molecule has 0 bridgehead atoms. The van der Waals surface area contributed by atoms with Gasteiger partial charge in [-0.3, -0.25) is 0 Å². The molecule has 0 spiro atoms. The zero-order chi connectivity index (χ0) is 11.5. The van der Waals surface area contributed by atoms with E-state index in [4.69, 9.17) is 9.84 Å². The third-order valence-electron chi connectivity index (χ3n) is 2.21. The first-order valence-corrected chi connectivity index (χ1v) is 5.93. The highest BCUT2D eigenvalue weighted by atomic mass is 32.2. The topological polar surface area (TPSA) is 95.9 Å². The summed E-state index contributed by atoms with van der Waals surface area (Å²) in [5.74, 6) is 0. The largest absolute Gasteiger partial charge is 0.464 e. The lowest BCUT2D eigenvalue weighted by atomic mass is 10.2. The van der Waals surface area contributed by atoms with E-state index in [1.807, 2.05) is 0 Å². The van der Waals surface area contributed by atoms with Gasteiger partial charge in [-0.2, -0.15) is 12.7 Å². The SMILES string of the molecule is COC[C@@H]1CCCN1S(=O)(=O)NC(=O)O. The number of methoxy groups -OCH3 is 1. The molecule has 0 aromatic carbocycles. The van der Waals surface area contributed by atoms with Crippen LogP contribution >= 0.6 is 0 Å². The molecule has 88 valence electrons. The van der Waals surface area contributed by atoms with Gasteiger partial charge in [0.2, 0.25) is 0 Å². The second kappa shape index (κ2) is 4.77. The number of nitrogens with one attached hydrogen (secondary N) is 1. The number of ether oxygens (including phenoxy) is 1. The summed E-state index contributed by atoms with van der Waals surface area (Å²) in [6.45, 7) is 0.608. The fraction of sp³-hybridized carbons (Fsp3) is 0.857. The molecule has 1 aliphatic heterocycles. The highest BCUT2D eigenvalue weighted by Crippen LogP contribution is 2.20. The van der Waals surface area contributed by atoms with Crippen LogP contribution in [0.15, 0.2) is 0 Å². The molecule has 1 heterocycles. The Balaban J connectivity index is 2.73. The van der Waals surface area contributed by atoms with E-state index in [0.717, 1.165) is 4.31 Å². The maximum Gasteiger partial charge on any atom is 0.419 e. The smallest absolute Gasteiger partial charge is 0.419 e. The molecule has 1 saturated heterocycles. The zero-order valence-electron chi connectivity index (χ0n) is 8.34. The second-order valence-electron chi connectivity index (χ2n) is 3.27. The molecule has 1 fully saturated rings. The van der Waals surface area contributed by atoms with Crippen LogP contribution in [0, 0.1) is 0 Å². The Morgan fingerprint density at radius 1 is 1.67 bits per heavy atom. The number of carbonyl (C=O) groups is 1. The first-order chi connectivity index (χ1) is 6.97. The van der Waals surface area contributed by atoms with Crippen molar-refractivity contribution in [3.05, 3.63) is 0 Å². The standard InChI is InChI=1S/C7H14N2O5S/c1-14-5-6-3-2-4-9(6)15(12,13)8-7(10)11/h6,8H,2-5H2,1H3,(H,10,11)/t6-/m0/s1. The van der Waals surface area contributed by atoms with Crippen LogP contribution in [-0.2, 0) is 14.9 Å². The summed E-state index contributed by atoms with van der Waals surface area (Å²) in [5.41, 5.74) is 0. The Morgan fingerprint density at radius 2 is 2.33 bits per heavy atom. The lowest BCUT2D eigenvalue weighted by molar-refractivity contribution is 0.148. The molecule has 0 aliphatic carbocycles. The second-order valence-corrected chi connectivity index (χ2v) is 4.90. The molecule has 0 saturated carbocycles. The molecule has 1 atom stereocenters. The minimum Gasteiger partial charge on any atom is -0.464 e. The van der Waals surface area contributed by atoms with Gasteiger partial charge < -0.3 is 9.84 Å². The quantitative estimate of drug-likeness (QED) is 0.695. The molecule has 8 heteroatoms. The van der Waals surface area contributed by atoms with Gasteiger partial charge in [-0.25, -0.2) is 9.52 Å². The third kappa shape index (κ3) is 3.05. The number of hydrogen-bond donors (Lipinski definition) is 2. The van der Waals surface area contributed by atoms with Gasteiger partial charge in [0.25, 0.3) is 0 Å². The summed E-state index contributed by atoms with van der Waals surface area (Å²) in [6, 6.07) is -0.271. The van der Waals surface area contributed by atoms with Crippen molar-refractivity contribution in [3.8, 4) is 0 Å². The summed E-state index contributed by atoms with van der Waals surface area (Å²) in [4.78, 5) is 10.3. The van der Waals surface area contributed by atoms with E-state index in [1.54, 1.807) is 0 Å². The van der Waals surface area contributed by atoms with Crippen molar-refractivity contribution < 1.29 is 23.1 Å². The molecule has 0 unspecified atom stereocenters. The predicted octanol–water partition coefficient (Wildman–Crippen LogP) is -0.390. The number of rotatable bonds is 4. The van der Waals surface area contributed by atoms with Gasteiger partial charge in [-0.05, 0) is 12.8 Å². The van der Waals surface area contributed by atoms with Gasteiger partial charge in [-0.1, -0.05) is 0 Å². The minimum absolute atomic E-state index is 0.271. The first kappa shape index (κ1) is 12.2. The summed E-state index contributed by atoms with van der Waals surface area (Å²) < 4.78 is 30.5. The first-order valence-electron chi connectivity index (χ1n) is 4.49. The summed E-state index contributed by atoms with van der Waals surface area (Å²) in [6.07, 6.45) is -0.166. The van der Waals surface area contributed by atoms with Gasteiger partial charge in [-0.15, -0.1) is 0 Å². The van der Waals surface area contributed by atoms with Crippen LogP contribution in [0.2, 0.25) is 0 Å². The van der Waals surface area contributed by atoms with Gasteiger partial charge in [0, 0.05) is 19.7 Å². The van der Waals surface area contributed by atoms with Gasteiger partial charge >= 0.3 is 16.3 Å². The van der Waals surface area contributed by atoms with Crippen LogP contribution < -0.4 is 4.72 Å². The molecular weight excluding hydrogens is 224 g/mol. The molecule has 0 aromatic heterocycles. The predicted molar refractivity (Wildman–Crippen MR) is 51.7 cm³/mol. The van der Waals surface area contributed by atoms with E-state index < -0.39 is 16.3 Å². The van der Waals surface area contributed by atoms with Crippen molar-refractivity contribution in [1.29, 1.82) is 0 Å². The Morgan fingerprint density at radius 3 is 2.87 bits per heavy atom. The number of nitrogens with zero attached hydrogens (tertiary/aromatic N) is 1. The van der Waals surface area contributed by atoms with Crippen molar-refractivity contribution in [2.24, 2.45) is 0 Å². The third-order valence-corrected chi connectivity index (χ3v) is 3.74. The van der Waals surface area contributed by atoms with E-state index in [2.05, 4.69) is 0 Å². The van der Waals surface area contributed by atoms with Crippen LogP contribution in [0.3, 0.4) is 0 Å². The van der Waals surface area contributed by atoms with Crippen LogP contribution in [-0.4, -0.2) is 50.2 Å². The average molecular weight is 238 g/mol. The lowest BCUT2D eigenvalue weighted by Gasteiger charge is -2.22. The Bertz CT molecular complexity index is 328. The van der Waals surface area contributed by atoms with Crippen LogP contribution in [0.1, 0.15) is 12.8 Å². The fourth-order valence-corrected chi connectivity index (χ4v) is 2.92. The normalized spacial score (nSPS) is 22.9. The molecule has 0 aromatic rings. The molecule has 1 amide bonds. The van der Waals surface area contributed by atoms with Crippen molar-refractivity contribution in [2.45, 2.75) is 18.9 Å². The molecular formula is C7H14N2O5S. The van der Waals surface area contributed by atoms with Crippen molar-refractivity contribution >= 4 is 16.3 Å². The van der Waals surface area contributed by atoms with Gasteiger partial charge in [0.1, 0.15) is 0 Å². The van der Waals surface area contributed by atoms with Gasteiger partial charge in [0.05, 0.1) is 6.61 Å². The van der Waals surface area contributed by atoms with E-state index >= 15 is 0 Å². The minimum atomic E-state index is -3.93. The van der Waals surface area contributed by atoms with Crippen LogP contribution in [0.5, 0.6) is 0 Å². The maximum absolute atomic E-state index is 11.5. The van der Waals surface area contributed by atoms with Gasteiger partial charge in [0.15, 0.2) is 0 Å². The Labute approximate surface area is 88.2 Å². The molecule has 1 rings (SSSR count). The molecule has 1 aliphatic rings. The number of hydrogen-bond acceptors (Lipinski definition) is 4. The van der Waals surface area contributed by atoms with Crippen LogP contribution in [0.4, 0.5) is 4.79 Å². The molecule has 0 radical (unpaired) electrons.